The standard InChI is InChI=1S/C15H17N3O3/c1-9-7-10(9)15-17-13(18-21-15)8-14(19)16-11-5-3-4-6-12(11)20-2/h3-6,9-10H,7-8H2,1-2H3,(H,16,19)/t9-,10-/m0/s1. The molecule has 2 atom stereocenters. The third-order valence-electron chi connectivity index (χ3n) is 3.61. The van der Waals surface area contributed by atoms with E-state index in [1.54, 1.807) is 19.2 Å². The fraction of sp³-hybridized carbons (Fsp3) is 0.400. The Morgan fingerprint density at radius 1 is 1.48 bits per heavy atom. The first-order valence-electron chi connectivity index (χ1n) is 6.92. The lowest BCUT2D eigenvalue weighted by Crippen LogP contribution is -2.15. The van der Waals surface area contributed by atoms with Crippen LogP contribution in [0.3, 0.4) is 0 Å². The maximum Gasteiger partial charge on any atom is 0.232 e. The molecular formula is C15H17N3O3. The van der Waals surface area contributed by atoms with E-state index >= 15 is 0 Å². The number of ether oxygens (including phenoxy) is 1. The summed E-state index contributed by atoms with van der Waals surface area (Å²) >= 11 is 0. The fourth-order valence-electron chi connectivity index (χ4n) is 2.24. The molecule has 6 nitrogen and oxygen atoms in total. The Labute approximate surface area is 122 Å². The molecule has 0 spiro atoms. The molecule has 1 fully saturated rings. The smallest absolute Gasteiger partial charge is 0.232 e. The zero-order chi connectivity index (χ0) is 14.8. The number of amides is 1. The van der Waals surface area contributed by atoms with Crippen molar-refractivity contribution in [2.45, 2.75) is 25.7 Å². The Morgan fingerprint density at radius 2 is 2.24 bits per heavy atom. The van der Waals surface area contributed by atoms with Crippen molar-refractivity contribution in [3.05, 3.63) is 36.0 Å². The molecule has 21 heavy (non-hydrogen) atoms. The summed E-state index contributed by atoms with van der Waals surface area (Å²) in [6.07, 6.45) is 1.16. The molecule has 1 N–H and O–H groups in total. The second-order valence-corrected chi connectivity index (χ2v) is 5.29. The molecule has 0 aliphatic heterocycles. The summed E-state index contributed by atoms with van der Waals surface area (Å²) in [5.74, 6) is 2.44. The Balaban J connectivity index is 1.62. The van der Waals surface area contributed by atoms with Gasteiger partial charge in [-0.05, 0) is 24.5 Å². The number of carbonyl (C=O) groups excluding carboxylic acids is 1. The minimum atomic E-state index is -0.198. The van der Waals surface area contributed by atoms with Gasteiger partial charge < -0.3 is 14.6 Å². The molecule has 1 aromatic carbocycles. The zero-order valence-corrected chi connectivity index (χ0v) is 12.0. The molecule has 1 aromatic heterocycles. The van der Waals surface area contributed by atoms with Crippen molar-refractivity contribution in [1.82, 2.24) is 10.1 Å². The fourth-order valence-corrected chi connectivity index (χ4v) is 2.24. The van der Waals surface area contributed by atoms with Crippen LogP contribution in [-0.4, -0.2) is 23.2 Å². The normalized spacial score (nSPS) is 20.1. The number of methoxy groups -OCH3 is 1. The van der Waals surface area contributed by atoms with Crippen molar-refractivity contribution in [3.8, 4) is 5.75 Å². The van der Waals surface area contributed by atoms with Gasteiger partial charge in [-0.2, -0.15) is 4.98 Å². The molecule has 2 aromatic rings. The van der Waals surface area contributed by atoms with E-state index in [-0.39, 0.29) is 12.3 Å². The highest BCUT2D eigenvalue weighted by Crippen LogP contribution is 2.45. The predicted octanol–water partition coefficient (Wildman–Crippen LogP) is 2.38. The van der Waals surface area contributed by atoms with E-state index in [1.165, 1.54) is 0 Å². The zero-order valence-electron chi connectivity index (χ0n) is 12.0. The largest absolute Gasteiger partial charge is 0.495 e. The Kier molecular flexibility index (Phi) is 3.60. The molecule has 0 bridgehead atoms. The van der Waals surface area contributed by atoms with Crippen LogP contribution in [0, 0.1) is 5.92 Å². The van der Waals surface area contributed by atoms with Crippen LogP contribution in [0.5, 0.6) is 5.75 Å². The van der Waals surface area contributed by atoms with Crippen molar-refractivity contribution in [1.29, 1.82) is 0 Å². The number of para-hydroxylation sites is 2. The van der Waals surface area contributed by atoms with Crippen LogP contribution in [0.4, 0.5) is 5.69 Å². The molecule has 1 saturated carbocycles. The van der Waals surface area contributed by atoms with Crippen LogP contribution in [0.1, 0.15) is 31.0 Å². The minimum absolute atomic E-state index is 0.0860. The van der Waals surface area contributed by atoms with Crippen molar-refractivity contribution in [2.75, 3.05) is 12.4 Å². The van der Waals surface area contributed by atoms with Crippen LogP contribution in [0.2, 0.25) is 0 Å². The van der Waals surface area contributed by atoms with Crippen LogP contribution >= 0.6 is 0 Å². The summed E-state index contributed by atoms with van der Waals surface area (Å²) in [5, 5.41) is 6.65. The molecule has 6 heteroatoms. The Bertz CT molecular complexity index is 653. The second-order valence-electron chi connectivity index (χ2n) is 5.29. The molecule has 1 amide bonds. The summed E-state index contributed by atoms with van der Waals surface area (Å²) < 4.78 is 10.4. The monoisotopic (exact) mass is 287 g/mol. The van der Waals surface area contributed by atoms with Gasteiger partial charge in [-0.1, -0.05) is 24.2 Å². The first kappa shape index (κ1) is 13.6. The highest BCUT2D eigenvalue weighted by Gasteiger charge is 2.38. The van der Waals surface area contributed by atoms with Gasteiger partial charge in [0.1, 0.15) is 5.75 Å². The van der Waals surface area contributed by atoms with Gasteiger partial charge in [0.05, 0.1) is 19.2 Å². The highest BCUT2D eigenvalue weighted by atomic mass is 16.5. The number of benzene rings is 1. The molecule has 110 valence electrons. The number of aromatic nitrogens is 2. The van der Waals surface area contributed by atoms with E-state index < -0.39 is 0 Å². The second kappa shape index (κ2) is 5.55. The summed E-state index contributed by atoms with van der Waals surface area (Å²) in [7, 11) is 1.56. The number of rotatable bonds is 5. The maximum absolute atomic E-state index is 12.0. The third-order valence-corrected chi connectivity index (χ3v) is 3.61. The number of nitrogens with one attached hydrogen (secondary N) is 1. The molecule has 0 unspecified atom stereocenters. The number of nitrogens with zero attached hydrogens (tertiary/aromatic N) is 2. The van der Waals surface area contributed by atoms with E-state index in [0.717, 1.165) is 6.42 Å². The van der Waals surface area contributed by atoms with Gasteiger partial charge in [-0.25, -0.2) is 0 Å². The lowest BCUT2D eigenvalue weighted by Gasteiger charge is -2.08. The van der Waals surface area contributed by atoms with Gasteiger partial charge in [0.2, 0.25) is 11.8 Å². The summed E-state index contributed by atoms with van der Waals surface area (Å²) in [6, 6.07) is 7.25. The van der Waals surface area contributed by atoms with Gasteiger partial charge in [0, 0.05) is 5.92 Å². The van der Waals surface area contributed by atoms with Gasteiger partial charge in [-0.3, -0.25) is 4.79 Å². The van der Waals surface area contributed by atoms with Crippen molar-refractivity contribution in [3.63, 3.8) is 0 Å². The van der Waals surface area contributed by atoms with Crippen molar-refractivity contribution in [2.24, 2.45) is 5.92 Å². The number of carbonyl (C=O) groups is 1. The highest BCUT2D eigenvalue weighted by molar-refractivity contribution is 5.93. The summed E-state index contributed by atoms with van der Waals surface area (Å²) in [4.78, 5) is 16.3. The van der Waals surface area contributed by atoms with E-state index in [0.29, 0.717) is 35.0 Å². The average Bonchev–Trinajstić information content (AvgIpc) is 3.02. The first-order chi connectivity index (χ1) is 10.2. The Hall–Kier alpha value is -2.37. The van der Waals surface area contributed by atoms with E-state index in [1.807, 2.05) is 12.1 Å². The SMILES string of the molecule is COc1ccccc1NC(=O)Cc1noc([C@H]2C[C@@H]2C)n1. The minimum Gasteiger partial charge on any atom is -0.495 e. The van der Waals surface area contributed by atoms with Crippen LogP contribution in [0.15, 0.2) is 28.8 Å². The molecular weight excluding hydrogens is 270 g/mol. The lowest BCUT2D eigenvalue weighted by molar-refractivity contribution is -0.115. The van der Waals surface area contributed by atoms with Gasteiger partial charge in [-0.15, -0.1) is 0 Å². The lowest BCUT2D eigenvalue weighted by atomic mass is 10.2. The summed E-state index contributed by atoms with van der Waals surface area (Å²) in [6.45, 7) is 2.14. The van der Waals surface area contributed by atoms with Gasteiger partial charge >= 0.3 is 0 Å². The molecule has 1 aliphatic rings. The average molecular weight is 287 g/mol. The Morgan fingerprint density at radius 3 is 2.95 bits per heavy atom. The predicted molar refractivity (Wildman–Crippen MR) is 76.1 cm³/mol. The molecule has 3 rings (SSSR count). The molecule has 0 saturated heterocycles. The number of hydrogen-bond acceptors (Lipinski definition) is 5. The van der Waals surface area contributed by atoms with E-state index in [2.05, 4.69) is 22.4 Å². The van der Waals surface area contributed by atoms with Crippen molar-refractivity contribution >= 4 is 11.6 Å². The molecule has 0 radical (unpaired) electrons. The topological polar surface area (TPSA) is 77.2 Å². The van der Waals surface area contributed by atoms with Crippen molar-refractivity contribution < 1.29 is 14.1 Å². The van der Waals surface area contributed by atoms with Crippen LogP contribution in [-0.2, 0) is 11.2 Å². The van der Waals surface area contributed by atoms with Crippen LogP contribution < -0.4 is 10.1 Å². The summed E-state index contributed by atoms with van der Waals surface area (Å²) in [5.41, 5.74) is 0.629. The van der Waals surface area contributed by atoms with Gasteiger partial charge in [0.15, 0.2) is 5.82 Å². The van der Waals surface area contributed by atoms with E-state index in [4.69, 9.17) is 9.26 Å². The van der Waals surface area contributed by atoms with Crippen LogP contribution in [0.25, 0.3) is 0 Å². The van der Waals surface area contributed by atoms with E-state index in [9.17, 15) is 4.79 Å². The third kappa shape index (κ3) is 3.04. The maximum atomic E-state index is 12.0. The molecule has 1 aliphatic carbocycles. The quantitative estimate of drug-likeness (QED) is 0.913. The first-order valence-corrected chi connectivity index (χ1v) is 6.92. The van der Waals surface area contributed by atoms with Gasteiger partial charge in [0.25, 0.3) is 0 Å². The number of hydrogen-bond donors (Lipinski definition) is 1. The number of anilines is 1. The molecule has 1 heterocycles.